The Morgan fingerprint density at radius 2 is 1.71 bits per heavy atom. The van der Waals surface area contributed by atoms with Gasteiger partial charge < -0.3 is 30.4 Å². The highest BCUT2D eigenvalue weighted by Gasteiger charge is 2.24. The Morgan fingerprint density at radius 1 is 1.36 bits per heavy atom. The predicted octanol–water partition coefficient (Wildman–Crippen LogP) is -1.42. The number of rotatable bonds is 4. The van der Waals surface area contributed by atoms with Crippen LogP contribution in [0.2, 0.25) is 0 Å². The van der Waals surface area contributed by atoms with Crippen LogP contribution in [0.4, 0.5) is 0 Å². The molecular formula is C4H15NO7P2. The molecule has 10 heteroatoms. The van der Waals surface area contributed by atoms with Crippen molar-refractivity contribution in [3.8, 4) is 0 Å². The van der Waals surface area contributed by atoms with E-state index in [2.05, 4.69) is 0 Å². The molecule has 14 heavy (non-hydrogen) atoms. The minimum atomic E-state index is -4.29. The number of aliphatic hydroxyl groups excluding tert-OH is 1. The molecule has 0 aliphatic carbocycles. The van der Waals surface area contributed by atoms with E-state index in [0.717, 1.165) is 0 Å². The van der Waals surface area contributed by atoms with Crippen molar-refractivity contribution in [1.29, 1.82) is 0 Å². The molecule has 0 aromatic heterocycles. The van der Waals surface area contributed by atoms with E-state index in [9.17, 15) is 4.57 Å². The Hall–Kier alpha value is 0.220. The van der Waals surface area contributed by atoms with Gasteiger partial charge in [0.15, 0.2) is 5.85 Å². The van der Waals surface area contributed by atoms with E-state index < -0.39 is 21.7 Å². The smallest absolute Gasteiger partial charge is 0.353 e. The topological polar surface area (TPSA) is 161 Å². The molecule has 0 aliphatic heterocycles. The average molecular weight is 251 g/mol. The summed E-state index contributed by atoms with van der Waals surface area (Å²) in [6.45, 7) is 0.330. The van der Waals surface area contributed by atoms with Crippen molar-refractivity contribution in [2.75, 3.05) is 6.54 Å². The second kappa shape index (κ2) is 8.52. The number of nitrogens with two attached hydrogens (primary N) is 1. The van der Waals surface area contributed by atoms with E-state index >= 15 is 0 Å². The molecule has 7 N–H and O–H groups in total. The van der Waals surface area contributed by atoms with E-state index in [1.54, 1.807) is 0 Å². The highest BCUT2D eigenvalue weighted by molar-refractivity contribution is 7.52. The fourth-order valence-corrected chi connectivity index (χ4v) is 0.988. The summed E-state index contributed by atoms with van der Waals surface area (Å²) in [5.74, 6) is -1.55. The van der Waals surface area contributed by atoms with Gasteiger partial charge in [-0.15, -0.1) is 0 Å². The molecule has 8 nitrogen and oxygen atoms in total. The minimum absolute atomic E-state index is 0.0563. The molecule has 1 unspecified atom stereocenters. The Kier molecular flexibility index (Phi) is 10.1. The first-order valence-electron chi connectivity index (χ1n) is 3.57. The maximum absolute atomic E-state index is 10.2. The fourth-order valence-electron chi connectivity index (χ4n) is 0.469. The van der Waals surface area contributed by atoms with Crippen LogP contribution in [0, 0.1) is 0 Å². The van der Waals surface area contributed by atoms with E-state index in [1.807, 2.05) is 0 Å². The van der Waals surface area contributed by atoms with Crippen molar-refractivity contribution < 1.29 is 33.8 Å². The van der Waals surface area contributed by atoms with Crippen molar-refractivity contribution in [3.63, 3.8) is 0 Å². The summed E-state index contributed by atoms with van der Waals surface area (Å²) in [5.41, 5.74) is 5.06. The van der Waals surface area contributed by atoms with Gasteiger partial charge in [0.1, 0.15) is 0 Å². The summed E-state index contributed by atoms with van der Waals surface area (Å²) < 4.78 is 19.0. The third-order valence-corrected chi connectivity index (χ3v) is 2.09. The zero-order valence-corrected chi connectivity index (χ0v) is 9.17. The lowest BCUT2D eigenvalue weighted by atomic mass is 10.3. The second-order valence-corrected chi connectivity index (χ2v) is 4.62. The molecule has 1 atom stereocenters. The van der Waals surface area contributed by atoms with Crippen LogP contribution in [-0.4, -0.2) is 37.1 Å². The van der Waals surface area contributed by atoms with Gasteiger partial charge in [-0.3, -0.25) is 9.13 Å². The molecule has 0 saturated carbocycles. The first kappa shape index (κ1) is 16.6. The lowest BCUT2D eigenvalue weighted by Gasteiger charge is -2.10. The van der Waals surface area contributed by atoms with Gasteiger partial charge in [0.05, 0.1) is 0 Å². The van der Waals surface area contributed by atoms with Gasteiger partial charge in [-0.2, -0.15) is 0 Å². The van der Waals surface area contributed by atoms with Crippen LogP contribution in [0.15, 0.2) is 0 Å². The summed E-state index contributed by atoms with van der Waals surface area (Å²) in [5, 5.41) is 8.70. The van der Waals surface area contributed by atoms with Crippen molar-refractivity contribution in [1.82, 2.24) is 0 Å². The lowest BCUT2D eigenvalue weighted by Crippen LogP contribution is -2.09. The second-order valence-electron chi connectivity index (χ2n) is 2.28. The van der Waals surface area contributed by atoms with Crippen molar-refractivity contribution >= 4 is 15.9 Å². The fraction of sp³-hybridized carbons (Fsp3) is 1.00. The molecule has 0 aromatic carbocycles. The van der Waals surface area contributed by atoms with Crippen molar-refractivity contribution in [3.05, 3.63) is 0 Å². The maximum atomic E-state index is 10.2. The van der Waals surface area contributed by atoms with Gasteiger partial charge >= 0.3 is 15.9 Å². The van der Waals surface area contributed by atoms with Gasteiger partial charge in [0.2, 0.25) is 0 Å². The molecule has 0 rings (SSSR count). The first-order valence-corrected chi connectivity index (χ1v) is 6.55. The molecule has 0 bridgehead atoms. The Bertz CT molecular complexity index is 200. The molecule has 0 heterocycles. The number of hydrogen-bond acceptors (Lipinski definition) is 4. The molecular weight excluding hydrogens is 236 g/mol. The quantitative estimate of drug-likeness (QED) is 0.332. The van der Waals surface area contributed by atoms with Gasteiger partial charge in [-0.25, -0.2) is 0 Å². The highest BCUT2D eigenvalue weighted by atomic mass is 31.2. The SMILES string of the molecule is NCCCC(O)P(=O)(O)O.O=[PH](O)O. The van der Waals surface area contributed by atoms with Crippen LogP contribution < -0.4 is 5.73 Å². The van der Waals surface area contributed by atoms with E-state index in [4.69, 9.17) is 35.0 Å². The Balaban J connectivity index is 0. The molecule has 0 aromatic rings. The largest absolute Gasteiger partial charge is 0.380 e. The lowest BCUT2D eigenvalue weighted by molar-refractivity contribution is 0.192. The molecule has 0 aliphatic rings. The molecule has 0 saturated heterocycles. The summed E-state index contributed by atoms with van der Waals surface area (Å²) in [6.07, 6.45) is 0.479. The molecule has 0 radical (unpaired) electrons. The van der Waals surface area contributed by atoms with Crippen LogP contribution in [0.3, 0.4) is 0 Å². The normalized spacial score (nSPS) is 13.4. The molecule has 0 fully saturated rings. The Morgan fingerprint density at radius 3 is 1.93 bits per heavy atom. The molecule has 0 spiro atoms. The van der Waals surface area contributed by atoms with Gasteiger partial charge in [-0.05, 0) is 19.4 Å². The third-order valence-electron chi connectivity index (χ3n) is 1.05. The van der Waals surface area contributed by atoms with Crippen LogP contribution in [0.25, 0.3) is 0 Å². The minimum Gasteiger partial charge on any atom is -0.380 e. The maximum Gasteiger partial charge on any atom is 0.353 e. The van der Waals surface area contributed by atoms with Crippen LogP contribution in [0.5, 0.6) is 0 Å². The summed E-state index contributed by atoms with van der Waals surface area (Å²) >= 11 is 0. The van der Waals surface area contributed by atoms with E-state index in [1.165, 1.54) is 0 Å². The van der Waals surface area contributed by atoms with Crippen LogP contribution >= 0.6 is 15.9 Å². The highest BCUT2D eigenvalue weighted by Crippen LogP contribution is 2.41. The monoisotopic (exact) mass is 251 g/mol. The average Bonchev–Trinajstić information content (AvgIpc) is 1.97. The van der Waals surface area contributed by atoms with Crippen LogP contribution in [-0.2, 0) is 9.13 Å². The van der Waals surface area contributed by atoms with Crippen molar-refractivity contribution in [2.24, 2.45) is 5.73 Å². The zero-order valence-electron chi connectivity index (χ0n) is 7.28. The summed E-state index contributed by atoms with van der Waals surface area (Å²) in [6, 6.07) is 0. The van der Waals surface area contributed by atoms with E-state index in [-0.39, 0.29) is 6.42 Å². The van der Waals surface area contributed by atoms with Gasteiger partial charge in [0, 0.05) is 0 Å². The zero-order chi connectivity index (χ0) is 11.8. The number of aliphatic hydroxyl groups is 1. The van der Waals surface area contributed by atoms with Gasteiger partial charge in [0.25, 0.3) is 0 Å². The summed E-state index contributed by atoms with van der Waals surface area (Å²) in [7, 11) is -7.42. The van der Waals surface area contributed by atoms with E-state index in [0.29, 0.717) is 13.0 Å². The first-order chi connectivity index (χ1) is 6.21. The molecule has 0 amide bonds. The van der Waals surface area contributed by atoms with Gasteiger partial charge in [-0.1, -0.05) is 0 Å². The third kappa shape index (κ3) is 14.7. The molecule has 88 valence electrons. The predicted molar refractivity (Wildman–Crippen MR) is 49.8 cm³/mol. The number of hydrogen-bond donors (Lipinski definition) is 6. The standard InChI is InChI=1S/C4H12NO4P.H3O3P/c5-3-1-2-4(6)10(7,8)9;1-4(2)3/h4,6H,1-3,5H2,(H2,7,8,9);4H,(H2,1,2,3). The summed E-state index contributed by atoms with van der Waals surface area (Å²) in [4.78, 5) is 31.0. The van der Waals surface area contributed by atoms with Crippen molar-refractivity contribution in [2.45, 2.75) is 18.7 Å². The van der Waals surface area contributed by atoms with Crippen LogP contribution in [0.1, 0.15) is 12.8 Å². The Labute approximate surface area is 81.5 Å².